The lowest BCUT2D eigenvalue weighted by atomic mass is 9.79. The number of fused-ring (bicyclic) bond motifs is 1. The number of nitrogens with zero attached hydrogens (tertiary/aromatic N) is 3. The number of carbonyl (C=O) groups is 2. The number of aliphatic hydroxyl groups excluding tert-OH is 1. The van der Waals surface area contributed by atoms with E-state index in [1.165, 1.54) is 11.3 Å². The molecule has 4 aliphatic heterocycles. The van der Waals surface area contributed by atoms with Gasteiger partial charge in [-0.1, -0.05) is 13.0 Å². The Morgan fingerprint density at radius 1 is 1.36 bits per heavy atom. The number of carboxylic acid groups (broad SMARTS) is 1. The van der Waals surface area contributed by atoms with Gasteiger partial charge in [0.15, 0.2) is 0 Å². The van der Waals surface area contributed by atoms with Crippen LogP contribution in [-0.2, 0) is 9.59 Å². The third-order valence-corrected chi connectivity index (χ3v) is 8.07. The van der Waals surface area contributed by atoms with E-state index in [-0.39, 0.29) is 23.6 Å². The molecule has 28 heavy (non-hydrogen) atoms. The van der Waals surface area contributed by atoms with Crippen LogP contribution in [0.2, 0.25) is 0 Å². The third kappa shape index (κ3) is 3.15. The molecular formula is C20H29N3O4S. The van der Waals surface area contributed by atoms with Gasteiger partial charge in [-0.15, -0.1) is 11.8 Å². The Morgan fingerprint density at radius 2 is 2.07 bits per heavy atom. The van der Waals surface area contributed by atoms with Gasteiger partial charge in [0.2, 0.25) is 5.91 Å². The lowest BCUT2D eigenvalue weighted by Gasteiger charge is -2.46. The number of β-lactam (4-membered cyclic amide) rings is 1. The molecule has 4 heterocycles. The number of likely N-dealkylation sites (N-methyl/N-ethyl adjacent to an activating group) is 1. The topological polar surface area (TPSA) is 84.3 Å². The number of rotatable bonds is 6. The Bertz CT molecular complexity index is 733. The van der Waals surface area contributed by atoms with E-state index < -0.39 is 18.0 Å². The molecule has 0 spiro atoms. The Balaban J connectivity index is 1.48. The average Bonchev–Trinajstić information content (AvgIpc) is 3.03. The minimum Gasteiger partial charge on any atom is -0.477 e. The molecule has 3 saturated heterocycles. The van der Waals surface area contributed by atoms with Gasteiger partial charge in [-0.2, -0.15) is 0 Å². The predicted octanol–water partition coefficient (Wildman–Crippen LogP) is 1.17. The number of thioether (sulfide) groups is 1. The molecule has 6 atom stereocenters. The van der Waals surface area contributed by atoms with E-state index in [2.05, 4.69) is 29.1 Å². The molecule has 0 aromatic carbocycles. The van der Waals surface area contributed by atoms with Crippen LogP contribution in [0.5, 0.6) is 0 Å². The largest absolute Gasteiger partial charge is 0.477 e. The first kappa shape index (κ1) is 19.8. The maximum absolute atomic E-state index is 12.5. The summed E-state index contributed by atoms with van der Waals surface area (Å²) in [6.07, 6.45) is 5.91. The van der Waals surface area contributed by atoms with E-state index in [0.29, 0.717) is 11.3 Å². The van der Waals surface area contributed by atoms with E-state index in [1.54, 1.807) is 18.7 Å². The number of likely N-dealkylation sites (tertiary alicyclic amines) is 2. The Morgan fingerprint density at radius 3 is 2.64 bits per heavy atom. The van der Waals surface area contributed by atoms with E-state index >= 15 is 0 Å². The molecule has 0 aromatic rings. The van der Waals surface area contributed by atoms with Crippen LogP contribution in [0.15, 0.2) is 22.9 Å². The lowest BCUT2D eigenvalue weighted by Crippen LogP contribution is -2.63. The van der Waals surface area contributed by atoms with Gasteiger partial charge in [-0.05, 0) is 33.0 Å². The van der Waals surface area contributed by atoms with E-state index in [9.17, 15) is 19.8 Å². The second-order valence-electron chi connectivity index (χ2n) is 8.49. The Hall–Kier alpha value is -1.51. The molecule has 7 nitrogen and oxygen atoms in total. The van der Waals surface area contributed by atoms with Crippen molar-refractivity contribution < 1.29 is 19.8 Å². The number of amides is 1. The number of hydrogen-bond acceptors (Lipinski definition) is 6. The zero-order valence-corrected chi connectivity index (χ0v) is 17.4. The minimum absolute atomic E-state index is 0.0608. The van der Waals surface area contributed by atoms with E-state index in [0.717, 1.165) is 31.0 Å². The van der Waals surface area contributed by atoms with Gasteiger partial charge in [-0.25, -0.2) is 4.79 Å². The van der Waals surface area contributed by atoms with Crippen LogP contribution in [0.3, 0.4) is 0 Å². The zero-order chi connectivity index (χ0) is 20.2. The van der Waals surface area contributed by atoms with E-state index in [4.69, 9.17) is 0 Å². The number of hydrogen-bond donors (Lipinski definition) is 2. The summed E-state index contributed by atoms with van der Waals surface area (Å²) in [5, 5.41) is 20.0. The van der Waals surface area contributed by atoms with Crippen LogP contribution < -0.4 is 0 Å². The fourth-order valence-electron chi connectivity index (χ4n) is 4.86. The summed E-state index contributed by atoms with van der Waals surface area (Å²) < 4.78 is 0. The normalized spacial score (nSPS) is 36.7. The maximum Gasteiger partial charge on any atom is 0.353 e. The highest BCUT2D eigenvalue weighted by atomic mass is 32.2. The quantitative estimate of drug-likeness (QED) is 0.639. The molecule has 3 fully saturated rings. The van der Waals surface area contributed by atoms with Gasteiger partial charge in [-0.3, -0.25) is 9.69 Å². The summed E-state index contributed by atoms with van der Waals surface area (Å²) in [6, 6.07) is 0.120. The lowest BCUT2D eigenvalue weighted by molar-refractivity contribution is -0.163. The highest BCUT2D eigenvalue weighted by Crippen LogP contribution is 2.52. The molecule has 1 amide bonds. The standard InChI is InChI=1S/C20H29N3O4S/c1-11-16-15(12(2)24)19(25)23(16)17(20(26)27)18(11)28-14-9-13(21(3)10-14)5-8-22-6-4-7-22/h5,8,11-16,24H,4,6-7,9-10H2,1-3H3,(H,26,27)/b8-5+/t11?,12-,13-,14?,15-,16?/m1/s1. The van der Waals surface area contributed by atoms with Crippen LogP contribution in [0.1, 0.15) is 26.7 Å². The summed E-state index contributed by atoms with van der Waals surface area (Å²) in [6.45, 7) is 6.75. The van der Waals surface area contributed by atoms with Gasteiger partial charge in [0.25, 0.3) is 0 Å². The molecule has 3 unspecified atom stereocenters. The predicted molar refractivity (Wildman–Crippen MR) is 107 cm³/mol. The molecule has 4 aliphatic rings. The van der Waals surface area contributed by atoms with Crippen molar-refractivity contribution in [2.45, 2.75) is 50.1 Å². The number of aliphatic carboxylic acids is 1. The Labute approximate surface area is 170 Å². The van der Waals surface area contributed by atoms with Crippen LogP contribution >= 0.6 is 11.8 Å². The molecule has 0 radical (unpaired) electrons. The fraction of sp³-hybridized carbons (Fsp3) is 0.700. The molecule has 4 rings (SSSR count). The van der Waals surface area contributed by atoms with E-state index in [1.807, 2.05) is 6.92 Å². The zero-order valence-electron chi connectivity index (χ0n) is 16.6. The van der Waals surface area contributed by atoms with Crippen molar-refractivity contribution in [2.75, 3.05) is 26.7 Å². The fourth-order valence-corrected chi connectivity index (χ4v) is 6.47. The van der Waals surface area contributed by atoms with Crippen molar-refractivity contribution in [1.29, 1.82) is 0 Å². The highest BCUT2D eigenvalue weighted by Gasteiger charge is 2.60. The number of carbonyl (C=O) groups excluding carboxylic acids is 1. The van der Waals surface area contributed by atoms with Crippen LogP contribution in [0, 0.1) is 11.8 Å². The van der Waals surface area contributed by atoms with Gasteiger partial charge in [0, 0.05) is 41.7 Å². The number of carboxylic acids is 1. The first-order valence-corrected chi connectivity index (χ1v) is 11.0. The SMILES string of the molecule is CC1C(SC2C[C@@H](/C=C/N3CCC3)N(C)C2)=C(C(=O)O)N2C(=O)[C@H]([C@@H](C)O)C12. The summed E-state index contributed by atoms with van der Waals surface area (Å²) >= 11 is 1.62. The monoisotopic (exact) mass is 407 g/mol. The van der Waals surface area contributed by atoms with Gasteiger partial charge in [0.05, 0.1) is 18.1 Å². The second-order valence-corrected chi connectivity index (χ2v) is 9.83. The summed E-state index contributed by atoms with van der Waals surface area (Å²) in [4.78, 5) is 31.2. The molecule has 0 aliphatic carbocycles. The highest BCUT2D eigenvalue weighted by molar-refractivity contribution is 8.03. The average molecular weight is 408 g/mol. The maximum atomic E-state index is 12.5. The smallest absolute Gasteiger partial charge is 0.353 e. The van der Waals surface area contributed by atoms with Crippen LogP contribution in [0.4, 0.5) is 0 Å². The molecule has 2 N–H and O–H groups in total. The van der Waals surface area contributed by atoms with Crippen molar-refractivity contribution in [2.24, 2.45) is 11.8 Å². The molecule has 154 valence electrons. The molecule has 0 aromatic heterocycles. The Kier molecular flexibility index (Phi) is 5.22. The molecular weight excluding hydrogens is 378 g/mol. The van der Waals surface area contributed by atoms with Crippen molar-refractivity contribution >= 4 is 23.6 Å². The molecule has 0 bridgehead atoms. The van der Waals surface area contributed by atoms with Crippen LogP contribution in [-0.4, -0.2) is 86.9 Å². The molecule has 0 saturated carbocycles. The van der Waals surface area contributed by atoms with Gasteiger partial charge >= 0.3 is 5.97 Å². The van der Waals surface area contributed by atoms with Crippen molar-refractivity contribution in [1.82, 2.24) is 14.7 Å². The minimum atomic E-state index is -1.05. The summed E-state index contributed by atoms with van der Waals surface area (Å²) in [7, 11) is 2.11. The van der Waals surface area contributed by atoms with Gasteiger partial charge < -0.3 is 20.0 Å². The summed E-state index contributed by atoms with van der Waals surface area (Å²) in [5.74, 6) is -1.87. The first-order valence-electron chi connectivity index (χ1n) is 10.1. The van der Waals surface area contributed by atoms with Crippen molar-refractivity contribution in [3.05, 3.63) is 22.9 Å². The van der Waals surface area contributed by atoms with Crippen molar-refractivity contribution in [3.63, 3.8) is 0 Å². The first-order chi connectivity index (χ1) is 13.3. The second kappa shape index (κ2) is 7.39. The molecule has 8 heteroatoms. The summed E-state index contributed by atoms with van der Waals surface area (Å²) in [5.41, 5.74) is 0.131. The third-order valence-electron chi connectivity index (χ3n) is 6.58. The number of aliphatic hydroxyl groups is 1. The van der Waals surface area contributed by atoms with Gasteiger partial charge in [0.1, 0.15) is 5.70 Å². The van der Waals surface area contributed by atoms with Crippen molar-refractivity contribution in [3.8, 4) is 0 Å². The van der Waals surface area contributed by atoms with Crippen LogP contribution in [0.25, 0.3) is 0 Å².